The molecule has 2 rings (SSSR count). The van der Waals surface area contributed by atoms with Crippen LogP contribution in [0.15, 0.2) is 48.8 Å². The summed E-state index contributed by atoms with van der Waals surface area (Å²) in [5.74, 6) is -0.0146. The fourth-order valence-electron chi connectivity index (χ4n) is 2.03. The molecule has 0 fully saturated rings. The molecule has 5 heteroatoms. The molecule has 0 saturated carbocycles. The summed E-state index contributed by atoms with van der Waals surface area (Å²) < 4.78 is 27.0. The second-order valence-electron chi connectivity index (χ2n) is 4.87. The summed E-state index contributed by atoms with van der Waals surface area (Å²) in [5, 5.41) is 0. The van der Waals surface area contributed by atoms with Crippen LogP contribution in [-0.2, 0) is 15.8 Å². The average molecular weight is 290 g/mol. The highest BCUT2D eigenvalue weighted by molar-refractivity contribution is 7.88. The quantitative estimate of drug-likeness (QED) is 0.920. The zero-order chi connectivity index (χ0) is 14.6. The van der Waals surface area contributed by atoms with Gasteiger partial charge in [0, 0.05) is 18.4 Å². The molecule has 1 aromatic carbocycles. The van der Waals surface area contributed by atoms with Gasteiger partial charge in [0.2, 0.25) is 10.0 Å². The molecular formula is C15H18N2O2S. The number of nitrogens with one attached hydrogen (secondary N) is 1. The van der Waals surface area contributed by atoms with Crippen molar-refractivity contribution in [2.24, 2.45) is 0 Å². The Morgan fingerprint density at radius 1 is 1.25 bits per heavy atom. The van der Waals surface area contributed by atoms with Gasteiger partial charge in [-0.3, -0.25) is 4.98 Å². The van der Waals surface area contributed by atoms with Crippen LogP contribution >= 0.6 is 0 Å². The monoisotopic (exact) mass is 290 g/mol. The van der Waals surface area contributed by atoms with Crippen molar-refractivity contribution in [2.45, 2.75) is 25.6 Å². The van der Waals surface area contributed by atoms with Crippen LogP contribution in [0.5, 0.6) is 0 Å². The first-order valence-corrected chi connectivity index (χ1v) is 8.07. The summed E-state index contributed by atoms with van der Waals surface area (Å²) >= 11 is 0. The standard InChI is InChI=1S/C15H18N2O2S/c1-12-5-3-6-14(9-12)11-20(18,19)17-13(2)15-7-4-8-16-10-15/h3-10,13,17H,11H2,1-2H3. The second-order valence-corrected chi connectivity index (χ2v) is 6.63. The molecule has 4 nitrogen and oxygen atoms in total. The van der Waals surface area contributed by atoms with E-state index in [1.807, 2.05) is 44.2 Å². The number of rotatable bonds is 5. The van der Waals surface area contributed by atoms with E-state index in [4.69, 9.17) is 0 Å². The third kappa shape index (κ3) is 4.15. The molecule has 0 aliphatic heterocycles. The van der Waals surface area contributed by atoms with Crippen LogP contribution in [0.25, 0.3) is 0 Å². The molecule has 2 aromatic rings. The maximum atomic E-state index is 12.2. The lowest BCUT2D eigenvalue weighted by molar-refractivity contribution is 0.565. The van der Waals surface area contributed by atoms with Gasteiger partial charge in [-0.15, -0.1) is 0 Å². The van der Waals surface area contributed by atoms with E-state index in [9.17, 15) is 8.42 Å². The van der Waals surface area contributed by atoms with Crippen molar-refractivity contribution >= 4 is 10.0 Å². The van der Waals surface area contributed by atoms with Gasteiger partial charge in [0.15, 0.2) is 0 Å². The SMILES string of the molecule is Cc1cccc(CS(=O)(=O)NC(C)c2cccnc2)c1. The number of aromatic nitrogens is 1. The first-order valence-electron chi connectivity index (χ1n) is 6.42. The number of sulfonamides is 1. The first-order chi connectivity index (χ1) is 9.46. The zero-order valence-electron chi connectivity index (χ0n) is 11.6. The molecule has 1 heterocycles. The summed E-state index contributed by atoms with van der Waals surface area (Å²) in [6, 6.07) is 10.9. The average Bonchev–Trinajstić information content (AvgIpc) is 2.38. The van der Waals surface area contributed by atoms with Crippen LogP contribution in [-0.4, -0.2) is 13.4 Å². The molecule has 0 amide bonds. The van der Waals surface area contributed by atoms with Crippen LogP contribution in [0.2, 0.25) is 0 Å². The minimum Gasteiger partial charge on any atom is -0.264 e. The normalized spacial score (nSPS) is 13.1. The Hall–Kier alpha value is -1.72. The van der Waals surface area contributed by atoms with Crippen molar-refractivity contribution in [2.75, 3.05) is 0 Å². The Morgan fingerprint density at radius 3 is 2.70 bits per heavy atom. The van der Waals surface area contributed by atoms with E-state index in [2.05, 4.69) is 9.71 Å². The Morgan fingerprint density at radius 2 is 2.05 bits per heavy atom. The molecule has 0 radical (unpaired) electrons. The smallest absolute Gasteiger partial charge is 0.216 e. The highest BCUT2D eigenvalue weighted by atomic mass is 32.2. The summed E-state index contributed by atoms with van der Waals surface area (Å²) in [6.07, 6.45) is 3.33. The third-order valence-electron chi connectivity index (χ3n) is 2.98. The van der Waals surface area contributed by atoms with Crippen molar-refractivity contribution in [3.8, 4) is 0 Å². The molecule has 0 aliphatic rings. The van der Waals surface area contributed by atoms with Crippen molar-refractivity contribution in [3.63, 3.8) is 0 Å². The van der Waals surface area contributed by atoms with Gasteiger partial charge in [-0.1, -0.05) is 35.9 Å². The topological polar surface area (TPSA) is 59.1 Å². The van der Waals surface area contributed by atoms with Gasteiger partial charge in [-0.2, -0.15) is 0 Å². The lowest BCUT2D eigenvalue weighted by Crippen LogP contribution is -2.28. The van der Waals surface area contributed by atoms with Crippen LogP contribution in [0.1, 0.15) is 29.7 Å². The first kappa shape index (κ1) is 14.7. The lowest BCUT2D eigenvalue weighted by atomic mass is 10.2. The summed E-state index contributed by atoms with van der Waals surface area (Å²) in [5.41, 5.74) is 2.69. The molecule has 0 spiro atoms. The van der Waals surface area contributed by atoms with E-state index in [0.29, 0.717) is 0 Å². The predicted octanol–water partition coefficient (Wildman–Crippen LogP) is 2.57. The summed E-state index contributed by atoms with van der Waals surface area (Å²) in [6.45, 7) is 3.76. The van der Waals surface area contributed by atoms with Gasteiger partial charge in [0.25, 0.3) is 0 Å². The van der Waals surface area contributed by atoms with Crippen molar-refractivity contribution < 1.29 is 8.42 Å². The van der Waals surface area contributed by atoms with Gasteiger partial charge < -0.3 is 0 Å². The summed E-state index contributed by atoms with van der Waals surface area (Å²) in [7, 11) is -3.38. The van der Waals surface area contributed by atoms with Gasteiger partial charge in [0.1, 0.15) is 0 Å². The van der Waals surface area contributed by atoms with Crippen LogP contribution in [0.4, 0.5) is 0 Å². The maximum absolute atomic E-state index is 12.2. The maximum Gasteiger partial charge on any atom is 0.216 e. The minimum absolute atomic E-state index is 0.0146. The number of hydrogen-bond acceptors (Lipinski definition) is 3. The van der Waals surface area contributed by atoms with Crippen molar-refractivity contribution in [3.05, 3.63) is 65.5 Å². The molecule has 1 N–H and O–H groups in total. The number of nitrogens with zero attached hydrogens (tertiary/aromatic N) is 1. The van der Waals surface area contributed by atoms with E-state index in [1.54, 1.807) is 18.5 Å². The van der Waals surface area contributed by atoms with E-state index in [0.717, 1.165) is 16.7 Å². The second kappa shape index (κ2) is 6.15. The Labute approximate surface area is 119 Å². The van der Waals surface area contributed by atoms with Gasteiger partial charge in [-0.25, -0.2) is 13.1 Å². The van der Waals surface area contributed by atoms with Crippen molar-refractivity contribution in [1.29, 1.82) is 0 Å². The molecule has 106 valence electrons. The Kier molecular flexibility index (Phi) is 4.52. The molecule has 0 saturated heterocycles. The third-order valence-corrected chi connectivity index (χ3v) is 4.41. The molecular weight excluding hydrogens is 272 g/mol. The fraction of sp³-hybridized carbons (Fsp3) is 0.267. The summed E-state index contributed by atoms with van der Waals surface area (Å²) in [4.78, 5) is 4.00. The minimum atomic E-state index is -3.38. The predicted molar refractivity (Wildman–Crippen MR) is 79.6 cm³/mol. The Bertz CT molecular complexity index is 669. The highest BCUT2D eigenvalue weighted by Gasteiger charge is 2.16. The van der Waals surface area contributed by atoms with E-state index >= 15 is 0 Å². The van der Waals surface area contributed by atoms with Crippen LogP contribution in [0, 0.1) is 6.92 Å². The largest absolute Gasteiger partial charge is 0.264 e. The number of aryl methyl sites for hydroxylation is 1. The molecule has 1 unspecified atom stereocenters. The van der Waals surface area contributed by atoms with Gasteiger partial charge in [0.05, 0.1) is 5.75 Å². The Balaban J connectivity index is 2.08. The molecule has 0 aliphatic carbocycles. The molecule has 0 bridgehead atoms. The van der Waals surface area contributed by atoms with E-state index in [1.165, 1.54) is 0 Å². The van der Waals surface area contributed by atoms with Crippen LogP contribution in [0.3, 0.4) is 0 Å². The van der Waals surface area contributed by atoms with E-state index < -0.39 is 10.0 Å². The molecule has 1 aromatic heterocycles. The fourth-order valence-corrected chi connectivity index (χ4v) is 3.41. The molecule has 1 atom stereocenters. The lowest BCUT2D eigenvalue weighted by Gasteiger charge is -2.14. The number of hydrogen-bond donors (Lipinski definition) is 1. The zero-order valence-corrected chi connectivity index (χ0v) is 12.4. The highest BCUT2D eigenvalue weighted by Crippen LogP contribution is 2.14. The van der Waals surface area contributed by atoms with Crippen LogP contribution < -0.4 is 4.72 Å². The van der Waals surface area contributed by atoms with Gasteiger partial charge >= 0.3 is 0 Å². The van der Waals surface area contributed by atoms with E-state index in [-0.39, 0.29) is 11.8 Å². The van der Waals surface area contributed by atoms with Gasteiger partial charge in [-0.05, 0) is 31.0 Å². The van der Waals surface area contributed by atoms with Crippen molar-refractivity contribution in [1.82, 2.24) is 9.71 Å². The number of benzene rings is 1. The molecule has 20 heavy (non-hydrogen) atoms. The number of pyridine rings is 1.